The molecule has 8 heteroatoms. The number of H-pyrrole nitrogens is 1. The summed E-state index contributed by atoms with van der Waals surface area (Å²) in [6, 6.07) is 11.7. The van der Waals surface area contributed by atoms with Gasteiger partial charge in [-0.25, -0.2) is 4.79 Å². The van der Waals surface area contributed by atoms with Gasteiger partial charge in [0, 0.05) is 36.4 Å². The molecule has 1 fully saturated rings. The van der Waals surface area contributed by atoms with Gasteiger partial charge in [0.05, 0.1) is 10.9 Å². The quantitative estimate of drug-likeness (QED) is 0.624. The zero-order valence-electron chi connectivity index (χ0n) is 18.9. The van der Waals surface area contributed by atoms with E-state index in [1.807, 2.05) is 11.9 Å². The lowest BCUT2D eigenvalue weighted by atomic mass is 9.94. The fourth-order valence-corrected chi connectivity index (χ4v) is 4.42. The number of nitrogens with one attached hydrogen (secondary N) is 2. The molecule has 1 aromatic heterocycles. The number of aromatic amines is 1. The number of rotatable bonds is 5. The van der Waals surface area contributed by atoms with E-state index in [1.165, 1.54) is 18.6 Å². The first-order chi connectivity index (χ1) is 15.9. The van der Waals surface area contributed by atoms with Gasteiger partial charge in [0.1, 0.15) is 0 Å². The van der Waals surface area contributed by atoms with Gasteiger partial charge in [-0.1, -0.05) is 19.3 Å². The summed E-state index contributed by atoms with van der Waals surface area (Å²) in [6.07, 6.45) is 5.63. The number of carbonyl (C=O) groups is 2. The number of benzene rings is 2. The van der Waals surface area contributed by atoms with Crippen LogP contribution in [0.5, 0.6) is 0 Å². The second kappa shape index (κ2) is 9.44. The van der Waals surface area contributed by atoms with Crippen molar-refractivity contribution in [2.75, 3.05) is 12.4 Å². The average Bonchev–Trinajstić information content (AvgIpc) is 2.84. The first kappa shape index (κ1) is 22.5. The lowest BCUT2D eigenvalue weighted by Gasteiger charge is -2.31. The molecule has 0 spiro atoms. The Bertz CT molecular complexity index is 1300. The van der Waals surface area contributed by atoms with Gasteiger partial charge in [-0.3, -0.25) is 19.0 Å². The normalized spacial score (nSPS) is 14.2. The van der Waals surface area contributed by atoms with E-state index in [-0.39, 0.29) is 30.0 Å². The zero-order valence-corrected chi connectivity index (χ0v) is 18.9. The summed E-state index contributed by atoms with van der Waals surface area (Å²) in [5.74, 6) is -0.396. The Hall–Kier alpha value is -3.68. The van der Waals surface area contributed by atoms with E-state index in [9.17, 15) is 19.2 Å². The van der Waals surface area contributed by atoms with Gasteiger partial charge in [-0.2, -0.15) is 0 Å². The number of nitrogens with zero attached hydrogens (tertiary/aromatic N) is 2. The fourth-order valence-electron chi connectivity index (χ4n) is 4.42. The van der Waals surface area contributed by atoms with Crippen LogP contribution in [0.4, 0.5) is 5.69 Å². The molecule has 2 N–H and O–H groups in total. The molecule has 0 unspecified atom stereocenters. The van der Waals surface area contributed by atoms with Crippen molar-refractivity contribution in [1.82, 2.24) is 14.5 Å². The van der Waals surface area contributed by atoms with Gasteiger partial charge >= 0.3 is 5.69 Å². The maximum Gasteiger partial charge on any atom is 0.328 e. The molecule has 0 bridgehead atoms. The summed E-state index contributed by atoms with van der Waals surface area (Å²) < 4.78 is 1.11. The summed E-state index contributed by atoms with van der Waals surface area (Å²) in [7, 11) is 1.85. The summed E-state index contributed by atoms with van der Waals surface area (Å²) in [6.45, 7) is 1.98. The lowest BCUT2D eigenvalue weighted by Crippen LogP contribution is -2.38. The molecule has 2 amide bonds. The van der Waals surface area contributed by atoms with Crippen LogP contribution in [0.15, 0.2) is 52.1 Å². The van der Waals surface area contributed by atoms with Crippen molar-refractivity contribution in [2.24, 2.45) is 0 Å². The molecule has 4 rings (SSSR count). The summed E-state index contributed by atoms with van der Waals surface area (Å²) in [5.41, 5.74) is 0.856. The minimum Gasteiger partial charge on any atom is -0.339 e. The van der Waals surface area contributed by atoms with Crippen LogP contribution < -0.4 is 16.6 Å². The molecular weight excluding hydrogens is 420 g/mol. The van der Waals surface area contributed by atoms with Gasteiger partial charge in [0.15, 0.2) is 0 Å². The third kappa shape index (κ3) is 4.60. The number of anilines is 1. The molecule has 8 nitrogen and oxygen atoms in total. The highest BCUT2D eigenvalue weighted by Crippen LogP contribution is 2.23. The average molecular weight is 449 g/mol. The smallest absolute Gasteiger partial charge is 0.328 e. The van der Waals surface area contributed by atoms with Crippen LogP contribution in [0.1, 0.15) is 59.7 Å². The van der Waals surface area contributed by atoms with Crippen LogP contribution in [0.25, 0.3) is 10.9 Å². The molecule has 0 atom stereocenters. The van der Waals surface area contributed by atoms with E-state index in [1.54, 1.807) is 37.3 Å². The van der Waals surface area contributed by atoms with E-state index in [0.717, 1.165) is 30.3 Å². The molecule has 1 saturated carbocycles. The van der Waals surface area contributed by atoms with Crippen molar-refractivity contribution in [3.63, 3.8) is 0 Å². The van der Waals surface area contributed by atoms with Crippen LogP contribution in [0.3, 0.4) is 0 Å². The van der Waals surface area contributed by atoms with E-state index < -0.39 is 5.69 Å². The zero-order chi connectivity index (χ0) is 23.5. The standard InChI is InChI=1S/C25H28N4O4/c1-3-29-24(32)20-14-11-17(15-21(20)27-25(29)33)22(30)26-18-12-9-16(10-13-18)23(31)28(2)19-7-5-4-6-8-19/h9-15,19H,3-8H2,1-2H3,(H,26,30)(H,27,33). The largest absolute Gasteiger partial charge is 0.339 e. The molecule has 172 valence electrons. The highest BCUT2D eigenvalue weighted by molar-refractivity contribution is 6.06. The Labute approximate surface area is 191 Å². The van der Waals surface area contributed by atoms with Crippen LogP contribution in [0, 0.1) is 0 Å². The van der Waals surface area contributed by atoms with Gasteiger partial charge in [0.2, 0.25) is 0 Å². The van der Waals surface area contributed by atoms with Crippen molar-refractivity contribution in [2.45, 2.75) is 51.6 Å². The van der Waals surface area contributed by atoms with Crippen molar-refractivity contribution in [3.05, 3.63) is 74.4 Å². The molecule has 0 radical (unpaired) electrons. The van der Waals surface area contributed by atoms with E-state index in [0.29, 0.717) is 27.7 Å². The second-order valence-corrected chi connectivity index (χ2v) is 8.48. The molecule has 1 aliphatic carbocycles. The van der Waals surface area contributed by atoms with Crippen LogP contribution in [-0.4, -0.2) is 39.4 Å². The maximum absolute atomic E-state index is 12.8. The molecule has 2 aromatic carbocycles. The topological polar surface area (TPSA) is 104 Å². The molecular formula is C25H28N4O4. The Kier molecular flexibility index (Phi) is 6.44. The predicted octanol–water partition coefficient (Wildman–Crippen LogP) is 3.37. The highest BCUT2D eigenvalue weighted by Gasteiger charge is 2.23. The molecule has 0 aliphatic heterocycles. The van der Waals surface area contributed by atoms with Gasteiger partial charge < -0.3 is 15.2 Å². The Morgan fingerprint density at radius 1 is 1.03 bits per heavy atom. The summed E-state index contributed by atoms with van der Waals surface area (Å²) in [4.78, 5) is 54.5. The number of fused-ring (bicyclic) bond motifs is 1. The molecule has 33 heavy (non-hydrogen) atoms. The van der Waals surface area contributed by atoms with Gasteiger partial charge in [0.25, 0.3) is 17.4 Å². The molecule has 1 aliphatic rings. The van der Waals surface area contributed by atoms with Crippen LogP contribution >= 0.6 is 0 Å². The summed E-state index contributed by atoms with van der Waals surface area (Å²) >= 11 is 0. The van der Waals surface area contributed by atoms with Crippen molar-refractivity contribution in [1.29, 1.82) is 0 Å². The number of carbonyl (C=O) groups excluding carboxylic acids is 2. The van der Waals surface area contributed by atoms with Crippen molar-refractivity contribution < 1.29 is 9.59 Å². The Balaban J connectivity index is 1.48. The van der Waals surface area contributed by atoms with Crippen molar-refractivity contribution in [3.8, 4) is 0 Å². The number of amides is 2. The molecule has 3 aromatic rings. The Morgan fingerprint density at radius 3 is 2.36 bits per heavy atom. The number of hydrogen-bond acceptors (Lipinski definition) is 4. The van der Waals surface area contributed by atoms with Crippen LogP contribution in [-0.2, 0) is 6.54 Å². The van der Waals surface area contributed by atoms with Gasteiger partial charge in [-0.15, -0.1) is 0 Å². The SMILES string of the molecule is CCn1c(=O)[nH]c2cc(C(=O)Nc3ccc(C(=O)N(C)C4CCCCC4)cc3)ccc2c1=O. The summed E-state index contributed by atoms with van der Waals surface area (Å²) in [5, 5.41) is 3.14. The first-order valence-corrected chi connectivity index (χ1v) is 11.3. The van der Waals surface area contributed by atoms with E-state index in [4.69, 9.17) is 0 Å². The third-order valence-electron chi connectivity index (χ3n) is 6.39. The van der Waals surface area contributed by atoms with Crippen molar-refractivity contribution >= 4 is 28.4 Å². The second-order valence-electron chi connectivity index (χ2n) is 8.48. The fraction of sp³-hybridized carbons (Fsp3) is 0.360. The number of hydrogen-bond donors (Lipinski definition) is 2. The molecule has 1 heterocycles. The third-order valence-corrected chi connectivity index (χ3v) is 6.39. The Morgan fingerprint density at radius 2 is 1.70 bits per heavy atom. The van der Waals surface area contributed by atoms with Crippen LogP contribution in [0.2, 0.25) is 0 Å². The predicted molar refractivity (Wildman–Crippen MR) is 128 cm³/mol. The monoisotopic (exact) mass is 448 g/mol. The minimum atomic E-state index is -0.508. The number of aromatic nitrogens is 2. The molecule has 0 saturated heterocycles. The van der Waals surface area contributed by atoms with E-state index >= 15 is 0 Å². The van der Waals surface area contributed by atoms with E-state index in [2.05, 4.69) is 10.3 Å². The lowest BCUT2D eigenvalue weighted by molar-refractivity contribution is 0.0696. The maximum atomic E-state index is 12.8. The highest BCUT2D eigenvalue weighted by atomic mass is 16.2. The van der Waals surface area contributed by atoms with Gasteiger partial charge in [-0.05, 0) is 62.2 Å². The minimum absolute atomic E-state index is 0.0176. The first-order valence-electron chi connectivity index (χ1n) is 11.3.